The predicted molar refractivity (Wildman–Crippen MR) is 52.6 cm³/mol. The molecule has 1 aromatic carbocycles. The van der Waals surface area contributed by atoms with Crippen molar-refractivity contribution in [1.82, 2.24) is 0 Å². The molecule has 0 fully saturated rings. The summed E-state index contributed by atoms with van der Waals surface area (Å²) >= 11 is 1.35. The maximum absolute atomic E-state index is 9.22. The summed E-state index contributed by atoms with van der Waals surface area (Å²) in [5.74, 6) is 0. The summed E-state index contributed by atoms with van der Waals surface area (Å²) < 4.78 is 1.04. The molecule has 3 N–H and O–H groups in total. The number of hydrogen-bond acceptors (Lipinski definition) is 3. The Balaban J connectivity index is 2.83. The summed E-state index contributed by atoms with van der Waals surface area (Å²) in [6.45, 7) is 1.96. The average molecular weight is 179 g/mol. The molecule has 2 rings (SSSR count). The lowest BCUT2D eigenvalue weighted by Crippen LogP contribution is -1.87. The normalized spacial score (nSPS) is 10.8. The fourth-order valence-electron chi connectivity index (χ4n) is 1.20. The van der Waals surface area contributed by atoms with Crippen LogP contribution in [-0.4, -0.2) is 5.11 Å². The molecule has 0 aliphatic rings. The number of rotatable bonds is 0. The molecule has 0 bridgehead atoms. The van der Waals surface area contributed by atoms with Crippen molar-refractivity contribution in [2.24, 2.45) is 0 Å². The Morgan fingerprint density at radius 2 is 2.08 bits per heavy atom. The first-order chi connectivity index (χ1) is 5.66. The van der Waals surface area contributed by atoms with Crippen LogP contribution in [0.2, 0.25) is 0 Å². The molecule has 62 valence electrons. The fraction of sp³-hybridized carbons (Fsp3) is 0.111. The van der Waals surface area contributed by atoms with Crippen molar-refractivity contribution in [3.8, 4) is 5.06 Å². The van der Waals surface area contributed by atoms with E-state index in [-0.39, 0.29) is 0 Å². The number of nitrogens with two attached hydrogens (primary N) is 1. The first-order valence-corrected chi connectivity index (χ1v) is 4.47. The van der Waals surface area contributed by atoms with Crippen molar-refractivity contribution < 1.29 is 5.11 Å². The average Bonchev–Trinajstić information content (AvgIpc) is 2.30. The van der Waals surface area contributed by atoms with Crippen molar-refractivity contribution in [3.63, 3.8) is 0 Å². The van der Waals surface area contributed by atoms with Crippen LogP contribution in [0.25, 0.3) is 10.1 Å². The zero-order valence-corrected chi connectivity index (χ0v) is 7.48. The van der Waals surface area contributed by atoms with Gasteiger partial charge in [-0.2, -0.15) is 0 Å². The Labute approximate surface area is 74.3 Å². The van der Waals surface area contributed by atoms with Crippen LogP contribution < -0.4 is 5.73 Å². The highest BCUT2D eigenvalue weighted by molar-refractivity contribution is 7.20. The van der Waals surface area contributed by atoms with E-state index in [1.807, 2.05) is 19.1 Å². The highest BCUT2D eigenvalue weighted by atomic mass is 32.1. The third-order valence-electron chi connectivity index (χ3n) is 1.89. The lowest BCUT2D eigenvalue weighted by Gasteiger charge is -1.97. The van der Waals surface area contributed by atoms with Gasteiger partial charge in [0.25, 0.3) is 0 Å². The number of aromatic hydroxyl groups is 1. The van der Waals surface area contributed by atoms with Gasteiger partial charge in [-0.25, -0.2) is 0 Å². The maximum Gasteiger partial charge on any atom is 0.172 e. The van der Waals surface area contributed by atoms with E-state index < -0.39 is 0 Å². The van der Waals surface area contributed by atoms with Gasteiger partial charge in [-0.3, -0.25) is 0 Å². The fourth-order valence-corrected chi connectivity index (χ4v) is 2.04. The summed E-state index contributed by atoms with van der Waals surface area (Å²) in [5.41, 5.74) is 7.56. The number of hydrogen-bond donors (Lipinski definition) is 2. The van der Waals surface area contributed by atoms with E-state index in [4.69, 9.17) is 5.73 Å². The first kappa shape index (κ1) is 7.43. The summed E-state index contributed by atoms with van der Waals surface area (Å²) in [5, 5.41) is 10.6. The van der Waals surface area contributed by atoms with E-state index in [0.29, 0.717) is 5.06 Å². The predicted octanol–water partition coefficient (Wildman–Crippen LogP) is 2.50. The van der Waals surface area contributed by atoms with Crippen LogP contribution in [0.4, 0.5) is 5.69 Å². The van der Waals surface area contributed by atoms with Crippen molar-refractivity contribution in [3.05, 3.63) is 23.8 Å². The minimum absolute atomic E-state index is 0.343. The van der Waals surface area contributed by atoms with E-state index in [1.165, 1.54) is 11.3 Å². The van der Waals surface area contributed by atoms with E-state index in [2.05, 4.69) is 0 Å². The Bertz CT molecular complexity index is 394. The molecule has 0 unspecified atom stereocenters. The summed E-state index contributed by atoms with van der Waals surface area (Å²) in [4.78, 5) is 0. The van der Waals surface area contributed by atoms with Crippen molar-refractivity contribution in [1.29, 1.82) is 0 Å². The van der Waals surface area contributed by atoms with Crippen molar-refractivity contribution in [2.75, 3.05) is 5.73 Å². The maximum atomic E-state index is 9.22. The molecule has 12 heavy (non-hydrogen) atoms. The zero-order chi connectivity index (χ0) is 8.72. The Hall–Kier alpha value is -1.22. The van der Waals surface area contributed by atoms with Crippen LogP contribution >= 0.6 is 11.3 Å². The van der Waals surface area contributed by atoms with Crippen LogP contribution in [-0.2, 0) is 0 Å². The number of aryl methyl sites for hydroxylation is 1. The molecule has 0 spiro atoms. The van der Waals surface area contributed by atoms with Crippen LogP contribution in [0.5, 0.6) is 5.06 Å². The highest BCUT2D eigenvalue weighted by Gasteiger charge is 2.02. The smallest absolute Gasteiger partial charge is 0.172 e. The lowest BCUT2D eigenvalue weighted by molar-refractivity contribution is 0.491. The van der Waals surface area contributed by atoms with E-state index >= 15 is 0 Å². The van der Waals surface area contributed by atoms with Gasteiger partial charge < -0.3 is 10.8 Å². The van der Waals surface area contributed by atoms with Crippen LogP contribution in [0.3, 0.4) is 0 Å². The van der Waals surface area contributed by atoms with E-state index in [0.717, 1.165) is 21.3 Å². The highest BCUT2D eigenvalue weighted by Crippen LogP contribution is 2.32. The molecule has 0 aliphatic carbocycles. The van der Waals surface area contributed by atoms with Gasteiger partial charge in [0.1, 0.15) is 0 Å². The van der Waals surface area contributed by atoms with Crippen molar-refractivity contribution >= 4 is 27.1 Å². The van der Waals surface area contributed by atoms with Crippen LogP contribution in [0.1, 0.15) is 5.56 Å². The summed E-state index contributed by atoms with van der Waals surface area (Å²) in [6.07, 6.45) is 0. The molecule has 0 amide bonds. The second-order valence-corrected chi connectivity index (χ2v) is 3.89. The second-order valence-electron chi connectivity index (χ2n) is 2.83. The molecule has 0 aliphatic heterocycles. The summed E-state index contributed by atoms with van der Waals surface area (Å²) in [6, 6.07) is 5.64. The lowest BCUT2D eigenvalue weighted by atomic mass is 10.1. The zero-order valence-electron chi connectivity index (χ0n) is 6.66. The molecular weight excluding hydrogens is 170 g/mol. The molecule has 2 nitrogen and oxygen atoms in total. The van der Waals surface area contributed by atoms with Crippen LogP contribution in [0.15, 0.2) is 18.2 Å². The van der Waals surface area contributed by atoms with Gasteiger partial charge >= 0.3 is 0 Å². The van der Waals surface area contributed by atoms with Crippen molar-refractivity contribution in [2.45, 2.75) is 6.92 Å². The number of thiophene rings is 1. The van der Waals surface area contributed by atoms with E-state index in [9.17, 15) is 5.11 Å². The number of fused-ring (bicyclic) bond motifs is 1. The van der Waals surface area contributed by atoms with Gasteiger partial charge in [0.15, 0.2) is 5.06 Å². The van der Waals surface area contributed by atoms with Gasteiger partial charge in [0.2, 0.25) is 0 Å². The standard InChI is InChI=1S/C9H9NOS/c1-5-2-6-3-9(11)12-8(6)4-7(5)10/h2-4,11H,10H2,1H3. The molecule has 0 saturated carbocycles. The Morgan fingerprint density at radius 3 is 2.83 bits per heavy atom. The van der Waals surface area contributed by atoms with Gasteiger partial charge in [-0.1, -0.05) is 11.3 Å². The minimum atomic E-state index is 0.343. The van der Waals surface area contributed by atoms with Crippen LogP contribution in [0, 0.1) is 6.92 Å². The minimum Gasteiger partial charge on any atom is -0.499 e. The monoisotopic (exact) mass is 179 g/mol. The topological polar surface area (TPSA) is 46.2 Å². The third-order valence-corrected chi connectivity index (χ3v) is 2.79. The van der Waals surface area contributed by atoms with Gasteiger partial charge in [-0.05, 0) is 36.1 Å². The molecule has 1 heterocycles. The van der Waals surface area contributed by atoms with E-state index in [1.54, 1.807) is 6.07 Å². The second kappa shape index (κ2) is 2.38. The molecule has 0 radical (unpaired) electrons. The number of anilines is 1. The Morgan fingerprint density at radius 1 is 1.33 bits per heavy atom. The summed E-state index contributed by atoms with van der Waals surface area (Å²) in [7, 11) is 0. The van der Waals surface area contributed by atoms with Gasteiger partial charge in [0, 0.05) is 10.4 Å². The Kier molecular flexibility index (Phi) is 1.48. The van der Waals surface area contributed by atoms with Gasteiger partial charge in [0.05, 0.1) is 0 Å². The number of nitrogen functional groups attached to an aromatic ring is 1. The molecule has 1 aromatic heterocycles. The molecular formula is C9H9NOS. The molecule has 0 saturated heterocycles. The SMILES string of the molecule is Cc1cc2cc(O)sc2cc1N. The molecule has 2 aromatic rings. The molecule has 0 atom stereocenters. The number of benzene rings is 1. The third kappa shape index (κ3) is 1.02. The first-order valence-electron chi connectivity index (χ1n) is 3.65. The van der Waals surface area contributed by atoms with Gasteiger partial charge in [-0.15, -0.1) is 0 Å². The quantitative estimate of drug-likeness (QED) is 0.610. The molecule has 3 heteroatoms. The largest absolute Gasteiger partial charge is 0.499 e.